The summed E-state index contributed by atoms with van der Waals surface area (Å²) in [6.07, 6.45) is 0.229. The van der Waals surface area contributed by atoms with E-state index in [2.05, 4.69) is 45.5 Å². The molecule has 1 atom stereocenters. The summed E-state index contributed by atoms with van der Waals surface area (Å²) in [6, 6.07) is 18.8. The van der Waals surface area contributed by atoms with E-state index in [1.54, 1.807) is 0 Å². The molecule has 0 saturated heterocycles. The van der Waals surface area contributed by atoms with Crippen LogP contribution in [0.1, 0.15) is 11.1 Å². The maximum atomic E-state index is 9.61. The molecule has 1 aliphatic heterocycles. The van der Waals surface area contributed by atoms with Gasteiger partial charge in [-0.05, 0) is 23.6 Å². The van der Waals surface area contributed by atoms with E-state index in [4.69, 9.17) is 5.11 Å². The van der Waals surface area contributed by atoms with E-state index in [0.717, 1.165) is 36.1 Å². The maximum Gasteiger partial charge on any atom is 0.128 e. The molecule has 1 aliphatic rings. The number of anilines is 2. The quantitative estimate of drug-likeness (QED) is 0.630. The molecular formula is C21H24ClN3O2. The Morgan fingerprint density at radius 3 is 2.63 bits per heavy atom. The number of aliphatic hydroxyl groups is 2. The van der Waals surface area contributed by atoms with E-state index in [-0.39, 0.29) is 25.6 Å². The molecule has 2 heterocycles. The van der Waals surface area contributed by atoms with Gasteiger partial charge in [-0.25, -0.2) is 4.98 Å². The highest BCUT2D eigenvalue weighted by Crippen LogP contribution is 2.32. The number of para-hydroxylation sites is 1. The van der Waals surface area contributed by atoms with Gasteiger partial charge in [-0.2, -0.15) is 0 Å². The fourth-order valence-corrected chi connectivity index (χ4v) is 3.50. The molecule has 5 nitrogen and oxygen atoms in total. The van der Waals surface area contributed by atoms with Gasteiger partial charge in [-0.1, -0.05) is 42.5 Å². The first-order valence-electron chi connectivity index (χ1n) is 8.99. The fourth-order valence-electron chi connectivity index (χ4n) is 3.50. The molecule has 0 spiro atoms. The normalized spacial score (nSPS) is 14.4. The summed E-state index contributed by atoms with van der Waals surface area (Å²) < 4.78 is 0. The molecule has 27 heavy (non-hydrogen) atoms. The number of hydrogen-bond donors (Lipinski definition) is 3. The summed E-state index contributed by atoms with van der Waals surface area (Å²) in [5.41, 5.74) is 4.85. The molecule has 142 valence electrons. The summed E-state index contributed by atoms with van der Waals surface area (Å²) in [5.74, 6) is 0.713. The molecule has 0 amide bonds. The van der Waals surface area contributed by atoms with Crippen molar-refractivity contribution in [3.05, 3.63) is 65.7 Å². The van der Waals surface area contributed by atoms with Gasteiger partial charge in [-0.3, -0.25) is 0 Å². The van der Waals surface area contributed by atoms with Gasteiger partial charge < -0.3 is 20.4 Å². The lowest BCUT2D eigenvalue weighted by Gasteiger charge is -2.32. The number of nitrogens with zero attached hydrogens (tertiary/aromatic N) is 2. The van der Waals surface area contributed by atoms with Crippen LogP contribution in [0.25, 0.3) is 10.9 Å². The van der Waals surface area contributed by atoms with Crippen LogP contribution in [0, 0.1) is 0 Å². The molecule has 3 aromatic rings. The van der Waals surface area contributed by atoms with Gasteiger partial charge in [0.15, 0.2) is 0 Å². The predicted molar refractivity (Wildman–Crippen MR) is 112 cm³/mol. The van der Waals surface area contributed by atoms with Crippen molar-refractivity contribution >= 4 is 34.8 Å². The van der Waals surface area contributed by atoms with E-state index in [1.807, 2.05) is 24.3 Å². The second kappa shape index (κ2) is 8.57. The lowest BCUT2D eigenvalue weighted by molar-refractivity contribution is 0.105. The molecule has 0 bridgehead atoms. The van der Waals surface area contributed by atoms with Crippen molar-refractivity contribution in [2.75, 3.05) is 29.9 Å². The molecule has 6 heteroatoms. The maximum absolute atomic E-state index is 9.61. The number of fused-ring (bicyclic) bond motifs is 2. The topological polar surface area (TPSA) is 68.6 Å². The van der Waals surface area contributed by atoms with E-state index >= 15 is 0 Å². The lowest BCUT2D eigenvalue weighted by Crippen LogP contribution is -2.30. The second-order valence-corrected chi connectivity index (χ2v) is 6.70. The van der Waals surface area contributed by atoms with Crippen LogP contribution in [-0.4, -0.2) is 41.0 Å². The summed E-state index contributed by atoms with van der Waals surface area (Å²) in [7, 11) is 0. The molecule has 0 unspecified atom stereocenters. The Bertz CT molecular complexity index is 919. The van der Waals surface area contributed by atoms with Crippen molar-refractivity contribution in [3.8, 4) is 0 Å². The number of aromatic nitrogens is 1. The number of nitrogens with one attached hydrogen (secondary N) is 1. The zero-order valence-electron chi connectivity index (χ0n) is 15.0. The highest BCUT2D eigenvalue weighted by atomic mass is 35.5. The van der Waals surface area contributed by atoms with Crippen molar-refractivity contribution in [3.63, 3.8) is 0 Å². The Balaban J connectivity index is 0.00000210. The molecule has 0 saturated carbocycles. The van der Waals surface area contributed by atoms with Gasteiger partial charge in [0, 0.05) is 31.1 Å². The minimum absolute atomic E-state index is 0. The monoisotopic (exact) mass is 385 g/mol. The number of benzene rings is 2. The fraction of sp³-hybridized carbons (Fsp3) is 0.286. The second-order valence-electron chi connectivity index (χ2n) is 6.70. The molecule has 3 N–H and O–H groups in total. The Kier molecular flexibility index (Phi) is 6.16. The van der Waals surface area contributed by atoms with Crippen LogP contribution in [0.3, 0.4) is 0 Å². The van der Waals surface area contributed by atoms with Gasteiger partial charge >= 0.3 is 0 Å². The van der Waals surface area contributed by atoms with Gasteiger partial charge in [0.05, 0.1) is 23.9 Å². The smallest absolute Gasteiger partial charge is 0.128 e. The van der Waals surface area contributed by atoms with Crippen molar-refractivity contribution in [1.29, 1.82) is 0 Å². The van der Waals surface area contributed by atoms with Crippen LogP contribution in [0.15, 0.2) is 54.6 Å². The first kappa shape index (κ1) is 19.4. The van der Waals surface area contributed by atoms with Crippen LogP contribution in [0.5, 0.6) is 0 Å². The number of hydrogen-bond acceptors (Lipinski definition) is 5. The highest BCUT2D eigenvalue weighted by molar-refractivity contribution is 5.93. The highest BCUT2D eigenvalue weighted by Gasteiger charge is 2.19. The third-order valence-corrected chi connectivity index (χ3v) is 4.90. The average molecular weight is 386 g/mol. The third-order valence-electron chi connectivity index (χ3n) is 4.90. The minimum atomic E-state index is -0.798. The van der Waals surface area contributed by atoms with E-state index in [0.29, 0.717) is 5.82 Å². The summed E-state index contributed by atoms with van der Waals surface area (Å²) >= 11 is 0. The third kappa shape index (κ3) is 4.16. The number of pyridine rings is 1. The first-order valence-corrected chi connectivity index (χ1v) is 8.99. The van der Waals surface area contributed by atoms with Crippen molar-refractivity contribution in [1.82, 2.24) is 4.98 Å². The van der Waals surface area contributed by atoms with Gasteiger partial charge in [0.2, 0.25) is 0 Å². The van der Waals surface area contributed by atoms with Crippen LogP contribution in [0.4, 0.5) is 11.5 Å². The largest absolute Gasteiger partial charge is 0.394 e. The molecule has 2 aromatic carbocycles. The molecule has 1 aromatic heterocycles. The SMILES string of the molecule is Cl.OC[C@@H](O)CNc1cc(N2CCc3ccccc3C2)c2ccccc2n1. The zero-order chi connectivity index (χ0) is 17.9. The minimum Gasteiger partial charge on any atom is -0.394 e. The van der Waals surface area contributed by atoms with Crippen molar-refractivity contribution in [2.24, 2.45) is 0 Å². The lowest BCUT2D eigenvalue weighted by atomic mass is 9.99. The molecule has 0 fully saturated rings. The number of halogens is 1. The van der Waals surface area contributed by atoms with Gasteiger partial charge in [0.25, 0.3) is 0 Å². The van der Waals surface area contributed by atoms with Gasteiger partial charge in [-0.15, -0.1) is 12.4 Å². The van der Waals surface area contributed by atoms with E-state index < -0.39 is 6.10 Å². The molecule has 0 radical (unpaired) electrons. The van der Waals surface area contributed by atoms with E-state index in [1.165, 1.54) is 11.1 Å². The number of aliphatic hydroxyl groups excluding tert-OH is 2. The van der Waals surface area contributed by atoms with E-state index in [9.17, 15) is 5.11 Å². The standard InChI is InChI=1S/C21H23N3O2.ClH/c25-14-17(26)12-22-21-11-20(18-7-3-4-8-19(18)23-21)24-10-9-15-5-1-2-6-16(15)13-24;/h1-8,11,17,25-26H,9-10,12-14H2,(H,22,23);1H/t17-;/m0./s1. The summed E-state index contributed by atoms with van der Waals surface area (Å²) in [6.45, 7) is 1.84. The summed E-state index contributed by atoms with van der Waals surface area (Å²) in [5, 5.41) is 22.9. The first-order chi connectivity index (χ1) is 12.7. The Labute approximate surface area is 165 Å². The van der Waals surface area contributed by atoms with Crippen molar-refractivity contribution < 1.29 is 10.2 Å². The Morgan fingerprint density at radius 2 is 1.81 bits per heavy atom. The van der Waals surface area contributed by atoms with Crippen LogP contribution < -0.4 is 10.2 Å². The average Bonchev–Trinajstić information content (AvgIpc) is 2.71. The van der Waals surface area contributed by atoms with Gasteiger partial charge in [0.1, 0.15) is 5.82 Å². The molecule has 4 rings (SSSR count). The predicted octanol–water partition coefficient (Wildman–Crippen LogP) is 2.98. The molecule has 0 aliphatic carbocycles. The zero-order valence-corrected chi connectivity index (χ0v) is 15.8. The number of rotatable bonds is 5. The van der Waals surface area contributed by atoms with Crippen LogP contribution >= 0.6 is 12.4 Å². The Hall–Kier alpha value is -2.34. The molecular weight excluding hydrogens is 362 g/mol. The Morgan fingerprint density at radius 1 is 1.07 bits per heavy atom. The summed E-state index contributed by atoms with van der Waals surface area (Å²) in [4.78, 5) is 7.04. The van der Waals surface area contributed by atoms with Crippen LogP contribution in [-0.2, 0) is 13.0 Å². The van der Waals surface area contributed by atoms with Crippen LogP contribution in [0.2, 0.25) is 0 Å². The van der Waals surface area contributed by atoms with Crippen molar-refractivity contribution in [2.45, 2.75) is 19.1 Å².